The van der Waals surface area contributed by atoms with Crippen LogP contribution >= 0.6 is 11.6 Å². The van der Waals surface area contributed by atoms with Crippen LogP contribution in [0.25, 0.3) is 5.65 Å². The number of nitrogens with zero attached hydrogens (tertiary/aromatic N) is 3. The second-order valence-corrected chi connectivity index (χ2v) is 5.38. The van der Waals surface area contributed by atoms with Crippen molar-refractivity contribution in [1.82, 2.24) is 14.6 Å². The van der Waals surface area contributed by atoms with Gasteiger partial charge >= 0.3 is 5.97 Å². The molecule has 0 saturated carbocycles. The van der Waals surface area contributed by atoms with E-state index in [0.717, 1.165) is 0 Å². The van der Waals surface area contributed by atoms with Crippen LogP contribution in [0, 0.1) is 0 Å². The standard InChI is InChI=1S/C16H13ClN4O4/c1-10(22)24-9-25-14-4-3-11(17)7-13(14)20-16(23)12-8-19-21-6-2-5-18-15(12)21/h2-8H,9H2,1H3,(H,20,23). The molecule has 8 nitrogen and oxygen atoms in total. The second kappa shape index (κ2) is 7.18. The van der Waals surface area contributed by atoms with E-state index in [9.17, 15) is 9.59 Å². The number of nitrogens with one attached hydrogen (secondary N) is 1. The highest BCUT2D eigenvalue weighted by molar-refractivity contribution is 6.31. The first-order valence-corrected chi connectivity index (χ1v) is 7.58. The molecule has 2 aromatic heterocycles. The van der Waals surface area contributed by atoms with Gasteiger partial charge in [-0.1, -0.05) is 11.6 Å². The molecule has 1 aromatic carbocycles. The monoisotopic (exact) mass is 360 g/mol. The normalized spacial score (nSPS) is 10.5. The molecule has 0 fully saturated rings. The SMILES string of the molecule is CC(=O)OCOc1ccc(Cl)cc1NC(=O)c1cnn2cccnc12. The molecule has 0 saturated heterocycles. The van der Waals surface area contributed by atoms with Crippen molar-refractivity contribution in [2.45, 2.75) is 6.92 Å². The molecule has 2 heterocycles. The lowest BCUT2D eigenvalue weighted by Gasteiger charge is -2.12. The number of carbonyl (C=O) groups is 2. The lowest BCUT2D eigenvalue weighted by Crippen LogP contribution is -2.14. The minimum atomic E-state index is -0.475. The third-order valence-electron chi connectivity index (χ3n) is 3.19. The van der Waals surface area contributed by atoms with Crippen molar-refractivity contribution in [1.29, 1.82) is 0 Å². The van der Waals surface area contributed by atoms with Crippen LogP contribution in [-0.2, 0) is 9.53 Å². The molecule has 128 valence electrons. The van der Waals surface area contributed by atoms with Gasteiger partial charge < -0.3 is 14.8 Å². The van der Waals surface area contributed by atoms with Crippen LogP contribution in [0.1, 0.15) is 17.3 Å². The summed E-state index contributed by atoms with van der Waals surface area (Å²) in [4.78, 5) is 27.5. The number of anilines is 1. The number of hydrogen-bond donors (Lipinski definition) is 1. The summed E-state index contributed by atoms with van der Waals surface area (Å²) in [5.41, 5.74) is 1.05. The van der Waals surface area contributed by atoms with Crippen LogP contribution in [0.15, 0.2) is 42.9 Å². The average Bonchev–Trinajstić information content (AvgIpc) is 3.00. The molecule has 3 rings (SSSR count). The number of halogens is 1. The summed E-state index contributed by atoms with van der Waals surface area (Å²) in [5.74, 6) is -0.589. The Morgan fingerprint density at radius 3 is 3.00 bits per heavy atom. The fraction of sp³-hybridized carbons (Fsp3) is 0.125. The maximum Gasteiger partial charge on any atom is 0.305 e. The Labute approximate surface area is 147 Å². The summed E-state index contributed by atoms with van der Waals surface area (Å²) in [6.07, 6.45) is 4.68. The Bertz CT molecular complexity index is 941. The van der Waals surface area contributed by atoms with E-state index in [1.54, 1.807) is 30.6 Å². The summed E-state index contributed by atoms with van der Waals surface area (Å²) < 4.78 is 11.6. The molecule has 25 heavy (non-hydrogen) atoms. The average molecular weight is 361 g/mol. The zero-order valence-corrected chi connectivity index (χ0v) is 13.9. The second-order valence-electron chi connectivity index (χ2n) is 4.94. The van der Waals surface area contributed by atoms with E-state index in [0.29, 0.717) is 27.7 Å². The van der Waals surface area contributed by atoms with Gasteiger partial charge in [-0.05, 0) is 24.3 Å². The molecule has 0 spiro atoms. The van der Waals surface area contributed by atoms with Gasteiger partial charge in [-0.2, -0.15) is 5.10 Å². The molecule has 0 atom stereocenters. The number of amides is 1. The van der Waals surface area contributed by atoms with Crippen molar-refractivity contribution < 1.29 is 19.1 Å². The minimum absolute atomic E-state index is 0.280. The molecule has 0 radical (unpaired) electrons. The maximum atomic E-state index is 12.5. The Kier molecular flexibility index (Phi) is 4.80. The van der Waals surface area contributed by atoms with Crippen molar-refractivity contribution in [3.8, 4) is 5.75 Å². The van der Waals surface area contributed by atoms with Gasteiger partial charge in [0.05, 0.1) is 11.9 Å². The summed E-state index contributed by atoms with van der Waals surface area (Å²) in [7, 11) is 0. The number of aromatic nitrogens is 3. The predicted molar refractivity (Wildman–Crippen MR) is 89.7 cm³/mol. The topological polar surface area (TPSA) is 94.8 Å². The summed E-state index contributed by atoms with van der Waals surface area (Å²) in [6.45, 7) is 0.990. The third-order valence-corrected chi connectivity index (χ3v) is 3.43. The minimum Gasteiger partial charge on any atom is -0.455 e. The Morgan fingerprint density at radius 1 is 1.36 bits per heavy atom. The first kappa shape index (κ1) is 16.7. The van der Waals surface area contributed by atoms with Crippen molar-refractivity contribution >= 4 is 34.8 Å². The van der Waals surface area contributed by atoms with Gasteiger partial charge in [-0.25, -0.2) is 9.50 Å². The molecule has 1 amide bonds. The molecule has 9 heteroatoms. The summed E-state index contributed by atoms with van der Waals surface area (Å²) >= 11 is 5.98. The zero-order chi connectivity index (χ0) is 17.8. The summed E-state index contributed by atoms with van der Waals surface area (Å²) in [5, 5.41) is 7.18. The Balaban J connectivity index is 1.82. The highest BCUT2D eigenvalue weighted by atomic mass is 35.5. The Hall–Kier alpha value is -3.13. The Morgan fingerprint density at radius 2 is 2.20 bits per heavy atom. The van der Waals surface area contributed by atoms with Gasteiger partial charge in [0.15, 0.2) is 5.65 Å². The molecule has 0 aliphatic heterocycles. The van der Waals surface area contributed by atoms with Crippen LogP contribution in [-0.4, -0.2) is 33.3 Å². The first-order valence-electron chi connectivity index (χ1n) is 7.20. The van der Waals surface area contributed by atoms with Crippen molar-refractivity contribution in [2.75, 3.05) is 12.1 Å². The maximum absolute atomic E-state index is 12.5. The molecular weight excluding hydrogens is 348 g/mol. The third kappa shape index (κ3) is 3.86. The van der Waals surface area contributed by atoms with Gasteiger partial charge in [0, 0.05) is 24.3 Å². The van der Waals surface area contributed by atoms with Gasteiger partial charge in [0.25, 0.3) is 5.91 Å². The first-order chi connectivity index (χ1) is 12.0. The zero-order valence-electron chi connectivity index (χ0n) is 13.1. The number of rotatable bonds is 5. The number of carbonyl (C=O) groups excluding carboxylic acids is 2. The van der Waals surface area contributed by atoms with E-state index in [4.69, 9.17) is 21.1 Å². The molecule has 1 N–H and O–H groups in total. The van der Waals surface area contributed by atoms with Crippen LogP contribution < -0.4 is 10.1 Å². The van der Waals surface area contributed by atoms with E-state index >= 15 is 0 Å². The van der Waals surface area contributed by atoms with E-state index in [1.807, 2.05) is 0 Å². The number of benzene rings is 1. The van der Waals surface area contributed by atoms with Crippen molar-refractivity contribution in [3.63, 3.8) is 0 Å². The predicted octanol–water partition coefficient (Wildman–Crippen LogP) is 2.53. The van der Waals surface area contributed by atoms with Crippen molar-refractivity contribution in [3.05, 3.63) is 53.4 Å². The molecule has 0 aliphatic rings. The molecular formula is C16H13ClN4O4. The molecule has 0 bridgehead atoms. The van der Waals surface area contributed by atoms with Crippen LogP contribution in [0.3, 0.4) is 0 Å². The van der Waals surface area contributed by atoms with E-state index in [-0.39, 0.29) is 6.79 Å². The van der Waals surface area contributed by atoms with Crippen LogP contribution in [0.2, 0.25) is 5.02 Å². The highest BCUT2D eigenvalue weighted by Crippen LogP contribution is 2.28. The molecule has 0 aliphatic carbocycles. The number of hydrogen-bond acceptors (Lipinski definition) is 6. The molecule has 0 unspecified atom stereocenters. The lowest BCUT2D eigenvalue weighted by molar-refractivity contribution is -0.147. The molecule has 3 aromatic rings. The van der Waals surface area contributed by atoms with Crippen molar-refractivity contribution in [2.24, 2.45) is 0 Å². The highest BCUT2D eigenvalue weighted by Gasteiger charge is 2.16. The van der Waals surface area contributed by atoms with E-state index in [2.05, 4.69) is 15.4 Å². The smallest absolute Gasteiger partial charge is 0.305 e. The number of ether oxygens (including phenoxy) is 2. The quantitative estimate of drug-likeness (QED) is 0.555. The van der Waals surface area contributed by atoms with Crippen LogP contribution in [0.4, 0.5) is 5.69 Å². The van der Waals surface area contributed by atoms with Gasteiger partial charge in [0.2, 0.25) is 6.79 Å². The van der Waals surface area contributed by atoms with E-state index in [1.165, 1.54) is 23.7 Å². The van der Waals surface area contributed by atoms with Gasteiger partial charge in [-0.3, -0.25) is 9.59 Å². The van der Waals surface area contributed by atoms with Gasteiger partial charge in [-0.15, -0.1) is 0 Å². The van der Waals surface area contributed by atoms with Crippen LogP contribution in [0.5, 0.6) is 5.75 Å². The van der Waals surface area contributed by atoms with E-state index < -0.39 is 11.9 Å². The fourth-order valence-electron chi connectivity index (χ4n) is 2.08. The lowest BCUT2D eigenvalue weighted by atomic mass is 10.2. The fourth-order valence-corrected chi connectivity index (χ4v) is 2.25. The number of esters is 1. The van der Waals surface area contributed by atoms with Gasteiger partial charge in [0.1, 0.15) is 11.3 Å². The largest absolute Gasteiger partial charge is 0.455 e. The number of fused-ring (bicyclic) bond motifs is 1. The summed E-state index contributed by atoms with van der Waals surface area (Å²) in [6, 6.07) is 6.40.